The number of fused-ring (bicyclic) bond motifs is 3. The molecule has 2 aromatic heterocycles. The minimum absolute atomic E-state index is 0.0224. The predicted octanol–water partition coefficient (Wildman–Crippen LogP) is 5.95. The van der Waals surface area contributed by atoms with E-state index >= 15 is 0 Å². The largest absolute Gasteiger partial charge is 0.324 e. The van der Waals surface area contributed by atoms with Crippen LogP contribution in [0.25, 0.3) is 22.1 Å². The number of halogens is 2. The van der Waals surface area contributed by atoms with Crippen LogP contribution in [0.15, 0.2) is 46.0 Å². The van der Waals surface area contributed by atoms with Crippen LogP contribution >= 0.6 is 27.7 Å². The van der Waals surface area contributed by atoms with Crippen LogP contribution in [0.2, 0.25) is 0 Å². The summed E-state index contributed by atoms with van der Waals surface area (Å²) in [5.74, 6) is -0.575. The molecule has 2 heterocycles. The number of carbonyl (C=O) groups excluding carboxylic acids is 1. The highest BCUT2D eigenvalue weighted by Gasteiger charge is 2.19. The number of carbonyl (C=O) groups is 1. The first-order valence-electron chi connectivity index (χ1n) is 10.3. The summed E-state index contributed by atoms with van der Waals surface area (Å²) in [5, 5.41) is 20.6. The van der Waals surface area contributed by atoms with Crippen LogP contribution in [0.5, 0.6) is 0 Å². The molecule has 33 heavy (non-hydrogen) atoms. The molecule has 0 radical (unpaired) electrons. The number of unbranched alkanes of at least 4 members (excludes halogenated alkanes) is 2. The summed E-state index contributed by atoms with van der Waals surface area (Å²) in [6.45, 7) is 2.81. The van der Waals surface area contributed by atoms with Gasteiger partial charge >= 0.3 is 0 Å². The first-order valence-corrected chi connectivity index (χ1v) is 12.1. The van der Waals surface area contributed by atoms with E-state index in [9.17, 15) is 19.3 Å². The highest BCUT2D eigenvalue weighted by molar-refractivity contribution is 9.10. The lowest BCUT2D eigenvalue weighted by Gasteiger charge is -2.07. The number of hydrogen-bond acceptors (Lipinski definition) is 7. The van der Waals surface area contributed by atoms with Crippen molar-refractivity contribution >= 4 is 61.2 Å². The molecule has 8 nitrogen and oxygen atoms in total. The maximum atomic E-state index is 13.3. The van der Waals surface area contributed by atoms with Crippen molar-refractivity contribution in [3.05, 3.63) is 62.4 Å². The lowest BCUT2D eigenvalue weighted by atomic mass is 10.1. The van der Waals surface area contributed by atoms with E-state index in [0.717, 1.165) is 36.5 Å². The van der Waals surface area contributed by atoms with E-state index in [1.54, 1.807) is 6.07 Å². The standard InChI is InChI=1S/C22H19BrFN5O3S/c1-2-3-4-9-28-18-8-6-14(29(31)32)11-16(18)20-21(28)25-22(27-26-20)33-12-19(30)15-7-5-13(24)10-17(15)23/h5-8,10-11H,2-4,9,12H2,1H3. The van der Waals surface area contributed by atoms with E-state index in [0.29, 0.717) is 38.3 Å². The van der Waals surface area contributed by atoms with Crippen LogP contribution in [-0.4, -0.2) is 36.2 Å². The van der Waals surface area contributed by atoms with Crippen LogP contribution in [0.1, 0.15) is 36.5 Å². The number of benzene rings is 2. The molecule has 4 aromatic rings. The Balaban J connectivity index is 1.67. The molecular weight excluding hydrogens is 513 g/mol. The highest BCUT2D eigenvalue weighted by atomic mass is 79.9. The van der Waals surface area contributed by atoms with Crippen molar-refractivity contribution in [3.63, 3.8) is 0 Å². The molecule has 0 unspecified atom stereocenters. The van der Waals surface area contributed by atoms with Crippen molar-refractivity contribution in [1.82, 2.24) is 19.7 Å². The third-order valence-corrected chi connectivity index (χ3v) is 6.68. The van der Waals surface area contributed by atoms with Crippen LogP contribution in [0, 0.1) is 15.9 Å². The van der Waals surface area contributed by atoms with Crippen molar-refractivity contribution in [2.75, 3.05) is 5.75 Å². The minimum atomic E-state index is -0.441. The zero-order chi connectivity index (χ0) is 23.5. The summed E-state index contributed by atoms with van der Waals surface area (Å²) in [5.41, 5.74) is 2.23. The van der Waals surface area contributed by atoms with Crippen LogP contribution < -0.4 is 0 Å². The molecule has 0 N–H and O–H groups in total. The van der Waals surface area contributed by atoms with Crippen LogP contribution in [0.3, 0.4) is 0 Å². The van der Waals surface area contributed by atoms with E-state index in [2.05, 4.69) is 38.0 Å². The van der Waals surface area contributed by atoms with Gasteiger partial charge in [-0.15, -0.1) is 10.2 Å². The quantitative estimate of drug-likeness (QED) is 0.0862. The summed E-state index contributed by atoms with van der Waals surface area (Å²) in [4.78, 5) is 28.0. The number of aryl methyl sites for hydroxylation is 1. The Morgan fingerprint density at radius 3 is 2.76 bits per heavy atom. The van der Waals surface area contributed by atoms with E-state index in [1.807, 2.05) is 4.57 Å². The van der Waals surface area contributed by atoms with Gasteiger partial charge in [0.15, 0.2) is 11.4 Å². The van der Waals surface area contributed by atoms with Crippen molar-refractivity contribution in [2.24, 2.45) is 0 Å². The second-order valence-corrected chi connectivity index (χ2v) is 9.22. The van der Waals surface area contributed by atoms with E-state index in [1.165, 1.54) is 30.3 Å². The summed E-state index contributed by atoms with van der Waals surface area (Å²) < 4.78 is 15.7. The molecule has 0 aliphatic heterocycles. The zero-order valence-corrected chi connectivity index (χ0v) is 20.0. The van der Waals surface area contributed by atoms with Crippen molar-refractivity contribution in [2.45, 2.75) is 37.9 Å². The fourth-order valence-electron chi connectivity index (χ4n) is 3.57. The zero-order valence-electron chi connectivity index (χ0n) is 17.6. The average Bonchev–Trinajstić information content (AvgIpc) is 3.10. The number of ketones is 1. The number of nitro groups is 1. The van der Waals surface area contributed by atoms with Gasteiger partial charge in [0.1, 0.15) is 11.3 Å². The van der Waals surface area contributed by atoms with E-state index in [-0.39, 0.29) is 17.2 Å². The number of nitrogens with zero attached hydrogens (tertiary/aromatic N) is 5. The fraction of sp³-hybridized carbons (Fsp3) is 0.273. The number of hydrogen-bond donors (Lipinski definition) is 0. The number of thioether (sulfide) groups is 1. The van der Waals surface area contributed by atoms with E-state index in [4.69, 9.17) is 0 Å². The topological polar surface area (TPSA) is 104 Å². The third-order valence-electron chi connectivity index (χ3n) is 5.19. The Hall–Kier alpha value is -2.92. The summed E-state index contributed by atoms with van der Waals surface area (Å²) in [7, 11) is 0. The first-order chi connectivity index (χ1) is 15.9. The predicted molar refractivity (Wildman–Crippen MR) is 128 cm³/mol. The minimum Gasteiger partial charge on any atom is -0.324 e. The van der Waals surface area contributed by atoms with Gasteiger partial charge in [0.05, 0.1) is 16.2 Å². The summed E-state index contributed by atoms with van der Waals surface area (Å²) >= 11 is 4.35. The number of rotatable bonds is 9. The molecule has 4 rings (SSSR count). The van der Waals surface area contributed by atoms with Gasteiger partial charge in [0, 0.05) is 34.1 Å². The molecule has 11 heteroatoms. The van der Waals surface area contributed by atoms with Gasteiger partial charge in [0.25, 0.3) is 5.69 Å². The Labute approximate surface area is 200 Å². The maximum absolute atomic E-state index is 13.3. The molecule has 0 amide bonds. The van der Waals surface area contributed by atoms with Crippen molar-refractivity contribution < 1.29 is 14.1 Å². The number of aromatic nitrogens is 4. The molecule has 0 fully saturated rings. The summed E-state index contributed by atoms with van der Waals surface area (Å²) in [6.07, 6.45) is 3.02. The molecule has 0 spiro atoms. The SMILES string of the molecule is CCCCCn1c2ccc([N+](=O)[O-])cc2c2nnc(SCC(=O)c3ccc(F)cc3Br)nc21. The third kappa shape index (κ3) is 4.88. The molecular formula is C22H19BrFN5O3S. The van der Waals surface area contributed by atoms with Gasteiger partial charge in [-0.1, -0.05) is 31.5 Å². The van der Waals surface area contributed by atoms with Crippen molar-refractivity contribution in [3.8, 4) is 0 Å². The Kier molecular flexibility index (Phi) is 6.99. The number of non-ortho nitro benzene ring substituents is 1. The normalized spacial score (nSPS) is 11.4. The van der Waals surface area contributed by atoms with Gasteiger partial charge in [-0.3, -0.25) is 14.9 Å². The molecule has 170 valence electrons. The molecule has 0 aliphatic carbocycles. The monoisotopic (exact) mass is 531 g/mol. The molecule has 0 saturated carbocycles. The van der Waals surface area contributed by atoms with Gasteiger partial charge in [-0.05, 0) is 46.6 Å². The number of nitro benzene ring substituents is 1. The van der Waals surface area contributed by atoms with E-state index < -0.39 is 10.7 Å². The molecule has 2 aromatic carbocycles. The molecule has 0 aliphatic rings. The van der Waals surface area contributed by atoms with Gasteiger partial charge in [-0.25, -0.2) is 9.37 Å². The Morgan fingerprint density at radius 2 is 2.03 bits per heavy atom. The van der Waals surface area contributed by atoms with Gasteiger partial charge < -0.3 is 4.57 Å². The summed E-state index contributed by atoms with van der Waals surface area (Å²) in [6, 6.07) is 8.59. The van der Waals surface area contributed by atoms with Crippen LogP contribution in [0.4, 0.5) is 10.1 Å². The smallest absolute Gasteiger partial charge is 0.270 e. The second kappa shape index (κ2) is 9.92. The van der Waals surface area contributed by atoms with Crippen molar-refractivity contribution in [1.29, 1.82) is 0 Å². The number of Topliss-reactive ketones (excluding diaryl/α,β-unsaturated/α-hetero) is 1. The second-order valence-electron chi connectivity index (χ2n) is 7.42. The Morgan fingerprint density at radius 1 is 1.21 bits per heavy atom. The Bertz CT molecular complexity index is 1380. The molecule has 0 atom stereocenters. The van der Waals surface area contributed by atoms with Gasteiger partial charge in [0.2, 0.25) is 5.16 Å². The highest BCUT2D eigenvalue weighted by Crippen LogP contribution is 2.31. The fourth-order valence-corrected chi connectivity index (χ4v) is 4.81. The van der Waals surface area contributed by atoms with Gasteiger partial charge in [-0.2, -0.15) is 0 Å². The molecule has 0 saturated heterocycles. The molecule has 0 bridgehead atoms. The average molecular weight is 532 g/mol. The first kappa shape index (κ1) is 23.2. The lowest BCUT2D eigenvalue weighted by molar-refractivity contribution is -0.384. The maximum Gasteiger partial charge on any atom is 0.270 e. The van der Waals surface area contributed by atoms with Crippen LogP contribution in [-0.2, 0) is 6.54 Å². The lowest BCUT2D eigenvalue weighted by Crippen LogP contribution is -2.05.